The summed E-state index contributed by atoms with van der Waals surface area (Å²) in [5.41, 5.74) is 0.835. The van der Waals surface area contributed by atoms with Crippen LogP contribution in [-0.2, 0) is 10.3 Å². The highest BCUT2D eigenvalue weighted by atomic mass is 32.2. The molecule has 3 aliphatic heterocycles. The third kappa shape index (κ3) is 3.82. The second kappa shape index (κ2) is 8.21. The maximum atomic E-state index is 12.8. The van der Waals surface area contributed by atoms with Gasteiger partial charge in [0, 0.05) is 17.4 Å². The van der Waals surface area contributed by atoms with Crippen molar-refractivity contribution in [3.05, 3.63) is 23.8 Å². The van der Waals surface area contributed by atoms with Crippen LogP contribution in [0.2, 0.25) is 0 Å². The van der Waals surface area contributed by atoms with Crippen molar-refractivity contribution in [1.29, 1.82) is 0 Å². The normalized spacial score (nSPS) is 28.1. The van der Waals surface area contributed by atoms with Crippen LogP contribution in [0.4, 0.5) is 4.79 Å². The van der Waals surface area contributed by atoms with Gasteiger partial charge in [0.25, 0.3) is 0 Å². The molecule has 3 fully saturated rings. The fourth-order valence-electron chi connectivity index (χ4n) is 5.26. The number of hydrogen-bond acceptors (Lipinski definition) is 5. The quantitative estimate of drug-likeness (QED) is 0.456. The van der Waals surface area contributed by atoms with Gasteiger partial charge in [0.1, 0.15) is 0 Å². The van der Waals surface area contributed by atoms with E-state index in [2.05, 4.69) is 22.0 Å². The van der Waals surface area contributed by atoms with Crippen molar-refractivity contribution >= 4 is 23.7 Å². The van der Waals surface area contributed by atoms with E-state index in [9.17, 15) is 9.59 Å². The topological polar surface area (TPSA) is 88.7 Å². The Morgan fingerprint density at radius 2 is 2.00 bits per heavy atom. The number of nitrogens with one attached hydrogen (secondary N) is 3. The molecule has 3 N–H and O–H groups in total. The van der Waals surface area contributed by atoms with Gasteiger partial charge in [0.05, 0.1) is 17.6 Å². The number of urea groups is 1. The second-order valence-corrected chi connectivity index (χ2v) is 10.0. The smallest absolute Gasteiger partial charge is 0.315 e. The lowest BCUT2D eigenvalue weighted by Gasteiger charge is -2.31. The number of amides is 3. The van der Waals surface area contributed by atoms with E-state index in [-0.39, 0.29) is 36.4 Å². The lowest BCUT2D eigenvalue weighted by atomic mass is 9.87. The zero-order valence-corrected chi connectivity index (χ0v) is 17.9. The summed E-state index contributed by atoms with van der Waals surface area (Å²) in [5, 5.41) is 9.83. The molecule has 2 saturated heterocycles. The average molecular weight is 432 g/mol. The first kappa shape index (κ1) is 19.8. The van der Waals surface area contributed by atoms with E-state index in [0.29, 0.717) is 11.7 Å². The summed E-state index contributed by atoms with van der Waals surface area (Å²) in [6, 6.07) is 6.51. The van der Waals surface area contributed by atoms with Crippen molar-refractivity contribution in [2.24, 2.45) is 0 Å². The molecule has 3 amide bonds. The van der Waals surface area contributed by atoms with Crippen molar-refractivity contribution in [3.63, 3.8) is 0 Å². The predicted molar refractivity (Wildman–Crippen MR) is 115 cm³/mol. The Labute approximate surface area is 181 Å². The molecule has 5 rings (SSSR count). The first-order valence-corrected chi connectivity index (χ1v) is 12.1. The Hall–Kier alpha value is -2.09. The van der Waals surface area contributed by atoms with Crippen LogP contribution in [0.15, 0.2) is 18.2 Å². The largest absolute Gasteiger partial charge is 0.454 e. The number of carbonyl (C=O) groups excluding carboxylic acids is 2. The summed E-state index contributed by atoms with van der Waals surface area (Å²) in [6.07, 6.45) is 7.63. The zero-order valence-electron chi connectivity index (χ0n) is 17.1. The molecule has 3 heterocycles. The SMILES string of the molecule is O=C(CCCCC1SCC2NC(=O)NC21)NC1(c2ccc3c(c2)OCO3)CCCC1. The number of hydrogen-bond donors (Lipinski definition) is 3. The molecule has 8 heteroatoms. The van der Waals surface area contributed by atoms with Gasteiger partial charge < -0.3 is 25.4 Å². The second-order valence-electron chi connectivity index (χ2n) is 8.77. The Bertz CT molecular complexity index is 827. The van der Waals surface area contributed by atoms with Gasteiger partial charge in [-0.05, 0) is 43.4 Å². The molecular weight excluding hydrogens is 402 g/mol. The predicted octanol–water partition coefficient (Wildman–Crippen LogP) is 3.03. The minimum Gasteiger partial charge on any atom is -0.454 e. The minimum absolute atomic E-state index is 0.0416. The molecule has 3 atom stereocenters. The van der Waals surface area contributed by atoms with E-state index < -0.39 is 0 Å². The Kier molecular flexibility index (Phi) is 5.43. The van der Waals surface area contributed by atoms with Gasteiger partial charge in [0.2, 0.25) is 12.7 Å². The highest BCUT2D eigenvalue weighted by Crippen LogP contribution is 2.43. The van der Waals surface area contributed by atoms with E-state index in [1.165, 1.54) is 0 Å². The molecule has 0 radical (unpaired) electrons. The molecule has 1 aliphatic carbocycles. The standard InChI is InChI=1S/C22H29N3O4S/c26-19(6-2-1-5-18-20-15(12-30-18)23-21(27)24-20)25-22(9-3-4-10-22)14-7-8-16-17(11-14)29-13-28-16/h7-8,11,15,18,20H,1-6,9-10,12-13H2,(H,25,26)(H2,23,24,27). The number of thioether (sulfide) groups is 1. The van der Waals surface area contributed by atoms with Crippen molar-refractivity contribution < 1.29 is 19.1 Å². The number of fused-ring (bicyclic) bond motifs is 2. The van der Waals surface area contributed by atoms with E-state index in [1.54, 1.807) is 0 Å². The molecule has 1 aromatic carbocycles. The third-order valence-corrected chi connectivity index (χ3v) is 8.35. The molecule has 0 spiro atoms. The van der Waals surface area contributed by atoms with Crippen LogP contribution >= 0.6 is 11.8 Å². The molecule has 1 saturated carbocycles. The molecule has 30 heavy (non-hydrogen) atoms. The van der Waals surface area contributed by atoms with E-state index in [4.69, 9.17) is 9.47 Å². The molecule has 0 aromatic heterocycles. The molecule has 7 nitrogen and oxygen atoms in total. The summed E-state index contributed by atoms with van der Waals surface area (Å²) < 4.78 is 11.0. The highest BCUT2D eigenvalue weighted by Gasteiger charge is 2.42. The van der Waals surface area contributed by atoms with Gasteiger partial charge >= 0.3 is 6.03 Å². The minimum atomic E-state index is -0.285. The molecule has 162 valence electrons. The molecule has 3 unspecified atom stereocenters. The molecule has 1 aromatic rings. The number of benzene rings is 1. The van der Waals surface area contributed by atoms with E-state index in [1.807, 2.05) is 23.9 Å². The molecule has 4 aliphatic rings. The van der Waals surface area contributed by atoms with Gasteiger partial charge in [-0.1, -0.05) is 25.3 Å². The average Bonchev–Trinajstić information content (AvgIpc) is 3.50. The summed E-state index contributed by atoms with van der Waals surface area (Å²) in [6.45, 7) is 0.263. The summed E-state index contributed by atoms with van der Waals surface area (Å²) in [5.74, 6) is 2.65. The Morgan fingerprint density at radius 3 is 2.87 bits per heavy atom. The summed E-state index contributed by atoms with van der Waals surface area (Å²) in [7, 11) is 0. The van der Waals surface area contributed by atoms with Crippen LogP contribution in [0.25, 0.3) is 0 Å². The van der Waals surface area contributed by atoms with Crippen LogP contribution in [0.5, 0.6) is 11.5 Å². The fraction of sp³-hybridized carbons (Fsp3) is 0.636. The maximum Gasteiger partial charge on any atom is 0.315 e. The Balaban J connectivity index is 1.13. The van der Waals surface area contributed by atoms with Crippen LogP contribution < -0.4 is 25.4 Å². The fourth-order valence-corrected chi connectivity index (χ4v) is 6.81. The third-order valence-electron chi connectivity index (χ3n) is 6.84. The van der Waals surface area contributed by atoms with Gasteiger partial charge in [-0.2, -0.15) is 11.8 Å². The number of unbranched alkanes of at least 4 members (excludes halogenated alkanes) is 1. The first-order valence-electron chi connectivity index (χ1n) is 11.0. The van der Waals surface area contributed by atoms with Gasteiger partial charge in [0.15, 0.2) is 11.5 Å². The number of carbonyl (C=O) groups is 2. The number of ether oxygens (including phenoxy) is 2. The molecular formula is C22H29N3O4S. The highest BCUT2D eigenvalue weighted by molar-refractivity contribution is 8.00. The van der Waals surface area contributed by atoms with Crippen LogP contribution in [0.3, 0.4) is 0 Å². The monoisotopic (exact) mass is 431 g/mol. The summed E-state index contributed by atoms with van der Waals surface area (Å²) in [4.78, 5) is 24.3. The van der Waals surface area contributed by atoms with Gasteiger partial charge in [-0.3, -0.25) is 4.79 Å². The Morgan fingerprint density at radius 1 is 1.17 bits per heavy atom. The van der Waals surface area contributed by atoms with Crippen molar-refractivity contribution in [3.8, 4) is 11.5 Å². The first-order chi connectivity index (χ1) is 14.6. The van der Waals surface area contributed by atoms with Crippen LogP contribution in [-0.4, -0.2) is 41.8 Å². The van der Waals surface area contributed by atoms with E-state index >= 15 is 0 Å². The van der Waals surface area contributed by atoms with Gasteiger partial charge in [-0.15, -0.1) is 0 Å². The lowest BCUT2D eigenvalue weighted by Crippen LogP contribution is -2.43. The van der Waals surface area contributed by atoms with Crippen molar-refractivity contribution in [2.45, 2.75) is 74.2 Å². The zero-order chi connectivity index (χ0) is 20.6. The van der Waals surface area contributed by atoms with Crippen molar-refractivity contribution in [1.82, 2.24) is 16.0 Å². The van der Waals surface area contributed by atoms with E-state index in [0.717, 1.165) is 67.8 Å². The van der Waals surface area contributed by atoms with Crippen LogP contribution in [0.1, 0.15) is 56.9 Å². The van der Waals surface area contributed by atoms with Crippen LogP contribution in [0, 0.1) is 0 Å². The summed E-state index contributed by atoms with van der Waals surface area (Å²) >= 11 is 1.93. The lowest BCUT2D eigenvalue weighted by molar-refractivity contribution is -0.123. The number of rotatable bonds is 7. The molecule has 0 bridgehead atoms. The maximum absolute atomic E-state index is 12.8. The van der Waals surface area contributed by atoms with Crippen molar-refractivity contribution in [2.75, 3.05) is 12.5 Å². The van der Waals surface area contributed by atoms with Gasteiger partial charge in [-0.25, -0.2) is 4.79 Å².